The van der Waals surface area contributed by atoms with Crippen LogP contribution in [0.25, 0.3) is 0 Å². The summed E-state index contributed by atoms with van der Waals surface area (Å²) in [4.78, 5) is 0. The van der Waals surface area contributed by atoms with Crippen molar-refractivity contribution in [2.75, 3.05) is 13.7 Å². The number of ether oxygens (including phenoxy) is 1. The van der Waals surface area contributed by atoms with E-state index < -0.39 is 0 Å². The van der Waals surface area contributed by atoms with Gasteiger partial charge in [-0.2, -0.15) is 5.10 Å². The third kappa shape index (κ3) is 1.70. The van der Waals surface area contributed by atoms with Gasteiger partial charge in [0.05, 0.1) is 6.61 Å². The predicted octanol–water partition coefficient (Wildman–Crippen LogP) is 0.390. The summed E-state index contributed by atoms with van der Waals surface area (Å²) in [5.41, 5.74) is 9.85. The largest absolute Gasteiger partial charge is 0.382 e. The molecule has 4 nitrogen and oxygen atoms in total. The van der Waals surface area contributed by atoms with Gasteiger partial charge in [-0.15, -0.1) is 0 Å². The van der Waals surface area contributed by atoms with Crippen molar-refractivity contribution in [2.24, 2.45) is 10.8 Å². The summed E-state index contributed by atoms with van der Waals surface area (Å²) in [5.74, 6) is 0.450. The fourth-order valence-corrected chi connectivity index (χ4v) is 1.16. The molecule has 3 N–H and O–H groups in total. The van der Waals surface area contributed by atoms with Gasteiger partial charge in [-0.1, -0.05) is 11.6 Å². The zero-order valence-corrected chi connectivity index (χ0v) is 7.85. The fourth-order valence-electron chi connectivity index (χ4n) is 0.978. The molecule has 0 bridgehead atoms. The molecule has 0 radical (unpaired) electrons. The van der Waals surface area contributed by atoms with Crippen LogP contribution in [-0.2, 0) is 4.74 Å². The minimum Gasteiger partial charge on any atom is -0.382 e. The number of nitrogens with one attached hydrogen (secondary N) is 1. The van der Waals surface area contributed by atoms with E-state index in [4.69, 9.17) is 22.1 Å². The first-order valence-electron chi connectivity index (χ1n) is 3.58. The highest BCUT2D eigenvalue weighted by atomic mass is 35.5. The Bertz CT molecular complexity index is 237. The van der Waals surface area contributed by atoms with Crippen LogP contribution in [0.5, 0.6) is 0 Å². The Morgan fingerprint density at radius 3 is 3.00 bits per heavy atom. The third-order valence-electron chi connectivity index (χ3n) is 1.75. The van der Waals surface area contributed by atoms with Crippen LogP contribution < -0.4 is 11.2 Å². The monoisotopic (exact) mass is 189 g/mol. The van der Waals surface area contributed by atoms with Crippen LogP contribution in [0, 0.1) is 0 Å². The summed E-state index contributed by atoms with van der Waals surface area (Å²) < 4.78 is 4.97. The summed E-state index contributed by atoms with van der Waals surface area (Å²) in [7, 11) is 1.61. The molecule has 0 aromatic heterocycles. The number of hydrazone groups is 1. The highest BCUT2D eigenvalue weighted by Crippen LogP contribution is 2.16. The highest BCUT2D eigenvalue weighted by Gasteiger charge is 2.18. The lowest BCUT2D eigenvalue weighted by atomic mass is 10.1. The maximum atomic E-state index is 5.88. The number of nitrogens with two attached hydrogens (primary N) is 1. The number of nitrogens with zero attached hydrogens (tertiary/aromatic N) is 1. The van der Waals surface area contributed by atoms with Crippen molar-refractivity contribution < 1.29 is 4.74 Å². The maximum absolute atomic E-state index is 5.88. The van der Waals surface area contributed by atoms with Gasteiger partial charge in [0, 0.05) is 12.7 Å². The molecule has 1 aliphatic rings. The van der Waals surface area contributed by atoms with Gasteiger partial charge >= 0.3 is 0 Å². The van der Waals surface area contributed by atoms with Gasteiger partial charge < -0.3 is 10.5 Å². The van der Waals surface area contributed by atoms with Crippen molar-refractivity contribution >= 4 is 17.4 Å². The van der Waals surface area contributed by atoms with E-state index in [0.29, 0.717) is 12.4 Å². The molecular formula is C7H12ClN3O. The van der Waals surface area contributed by atoms with Crippen molar-refractivity contribution in [3.63, 3.8) is 0 Å². The van der Waals surface area contributed by atoms with E-state index in [1.807, 2.05) is 6.92 Å². The number of methoxy groups -OCH3 is 1. The molecule has 1 heterocycles. The number of amidine groups is 1. The van der Waals surface area contributed by atoms with Crippen LogP contribution in [0.2, 0.25) is 0 Å². The van der Waals surface area contributed by atoms with E-state index in [2.05, 4.69) is 10.5 Å². The molecule has 1 unspecified atom stereocenters. The quantitative estimate of drug-likeness (QED) is 0.488. The molecule has 0 aromatic rings. The summed E-state index contributed by atoms with van der Waals surface area (Å²) in [6, 6.07) is 0. The zero-order valence-electron chi connectivity index (χ0n) is 7.10. The highest BCUT2D eigenvalue weighted by molar-refractivity contribution is 6.23. The van der Waals surface area contributed by atoms with E-state index in [9.17, 15) is 0 Å². The summed E-state index contributed by atoms with van der Waals surface area (Å²) in [6.07, 6.45) is 0. The van der Waals surface area contributed by atoms with Crippen LogP contribution in [0.4, 0.5) is 0 Å². The number of halogens is 1. The van der Waals surface area contributed by atoms with Gasteiger partial charge in [0.25, 0.3) is 0 Å². The minimum absolute atomic E-state index is 0.276. The number of alkyl halides is 1. The second kappa shape index (κ2) is 3.78. The first-order valence-corrected chi connectivity index (χ1v) is 4.02. The zero-order chi connectivity index (χ0) is 9.14. The lowest BCUT2D eigenvalue weighted by Gasteiger charge is -2.20. The number of hydrogen-bond acceptors (Lipinski definition) is 4. The molecular weight excluding hydrogens is 178 g/mol. The summed E-state index contributed by atoms with van der Waals surface area (Å²) in [6.45, 7) is 2.35. The molecule has 0 aromatic carbocycles. The van der Waals surface area contributed by atoms with E-state index in [0.717, 1.165) is 11.1 Å². The Balaban J connectivity index is 2.87. The molecule has 1 rings (SSSR count). The Morgan fingerprint density at radius 2 is 2.42 bits per heavy atom. The van der Waals surface area contributed by atoms with Gasteiger partial charge in [0.15, 0.2) is 0 Å². The number of hydrogen-bond donors (Lipinski definition) is 2. The normalized spacial score (nSPS) is 23.6. The standard InChI is InChI=1S/C7H12ClN3O/c1-4-5(3-12-2)7(9)11-10-6(4)8/h6,10H,3H2,1-2H3,(H2,9,11). The summed E-state index contributed by atoms with van der Waals surface area (Å²) >= 11 is 5.88. The molecule has 5 heteroatoms. The van der Waals surface area contributed by atoms with Crippen molar-refractivity contribution in [3.8, 4) is 0 Å². The maximum Gasteiger partial charge on any atom is 0.148 e. The first-order chi connectivity index (χ1) is 5.66. The predicted molar refractivity (Wildman–Crippen MR) is 49.0 cm³/mol. The van der Waals surface area contributed by atoms with Crippen molar-refractivity contribution in [1.29, 1.82) is 0 Å². The molecule has 0 aliphatic carbocycles. The molecule has 0 fully saturated rings. The van der Waals surface area contributed by atoms with Crippen LogP contribution >= 0.6 is 11.6 Å². The van der Waals surface area contributed by atoms with E-state index >= 15 is 0 Å². The van der Waals surface area contributed by atoms with E-state index in [1.165, 1.54) is 0 Å². The Hall–Kier alpha value is -0.740. The Kier molecular flexibility index (Phi) is 2.94. The molecule has 0 saturated heterocycles. The summed E-state index contributed by atoms with van der Waals surface area (Å²) in [5, 5.41) is 3.84. The molecule has 12 heavy (non-hydrogen) atoms. The molecule has 68 valence electrons. The van der Waals surface area contributed by atoms with Crippen LogP contribution in [0.15, 0.2) is 16.2 Å². The smallest absolute Gasteiger partial charge is 0.148 e. The van der Waals surface area contributed by atoms with Gasteiger partial charge in [-0.05, 0) is 12.5 Å². The average Bonchev–Trinajstić information content (AvgIpc) is 2.06. The van der Waals surface area contributed by atoms with Crippen LogP contribution in [-0.4, -0.2) is 25.1 Å². The van der Waals surface area contributed by atoms with Gasteiger partial charge in [-0.3, -0.25) is 5.43 Å². The van der Waals surface area contributed by atoms with Crippen LogP contribution in [0.3, 0.4) is 0 Å². The first kappa shape index (κ1) is 9.35. The number of rotatable bonds is 2. The second-order valence-electron chi connectivity index (χ2n) is 2.58. The lowest BCUT2D eigenvalue weighted by Crippen LogP contribution is -2.34. The fraction of sp³-hybridized carbons (Fsp3) is 0.571. The van der Waals surface area contributed by atoms with Gasteiger partial charge in [-0.25, -0.2) is 0 Å². The Morgan fingerprint density at radius 1 is 1.75 bits per heavy atom. The Labute approximate surface area is 76.4 Å². The van der Waals surface area contributed by atoms with Crippen molar-refractivity contribution in [1.82, 2.24) is 5.43 Å². The lowest BCUT2D eigenvalue weighted by molar-refractivity contribution is 0.228. The molecule has 0 amide bonds. The van der Waals surface area contributed by atoms with Crippen molar-refractivity contribution in [2.45, 2.75) is 12.4 Å². The molecule has 1 atom stereocenters. The second-order valence-corrected chi connectivity index (χ2v) is 3.02. The van der Waals surface area contributed by atoms with Gasteiger partial charge in [0.1, 0.15) is 11.3 Å². The average molecular weight is 190 g/mol. The third-order valence-corrected chi connectivity index (χ3v) is 2.18. The minimum atomic E-state index is -0.276. The van der Waals surface area contributed by atoms with E-state index in [-0.39, 0.29) is 5.50 Å². The SMILES string of the molecule is COCC1=C(C)C(Cl)NN=C1N. The van der Waals surface area contributed by atoms with Crippen LogP contribution in [0.1, 0.15) is 6.92 Å². The molecule has 1 aliphatic heterocycles. The van der Waals surface area contributed by atoms with Gasteiger partial charge in [0.2, 0.25) is 0 Å². The molecule has 0 spiro atoms. The van der Waals surface area contributed by atoms with Crippen molar-refractivity contribution in [3.05, 3.63) is 11.1 Å². The molecule has 0 saturated carbocycles. The topological polar surface area (TPSA) is 59.6 Å². The van der Waals surface area contributed by atoms with E-state index in [1.54, 1.807) is 7.11 Å².